The third kappa shape index (κ3) is 4.67. The van der Waals surface area contributed by atoms with Gasteiger partial charge in [0.2, 0.25) is 0 Å². The first kappa shape index (κ1) is 20.2. The molecule has 29 heavy (non-hydrogen) atoms. The van der Waals surface area contributed by atoms with E-state index >= 15 is 0 Å². The molecule has 150 valence electrons. The molecule has 0 amide bonds. The number of carbonyl (C=O) groups is 1. The fourth-order valence-electron chi connectivity index (χ4n) is 2.63. The lowest BCUT2D eigenvalue weighted by atomic mass is 10.1. The molecule has 7 nitrogen and oxygen atoms in total. The molecule has 0 aliphatic heterocycles. The molecule has 0 atom stereocenters. The maximum absolute atomic E-state index is 12.6. The number of para-hydroxylation sites is 2. The molecule has 0 spiro atoms. The van der Waals surface area contributed by atoms with E-state index in [9.17, 15) is 18.3 Å². The van der Waals surface area contributed by atoms with Crippen LogP contribution in [0.4, 0.5) is 5.69 Å². The Bertz CT molecular complexity index is 1140. The molecule has 0 fully saturated rings. The third-order valence-electron chi connectivity index (χ3n) is 4.15. The number of carboxylic acid groups (broad SMARTS) is 1. The summed E-state index contributed by atoms with van der Waals surface area (Å²) < 4.78 is 38.6. The van der Waals surface area contributed by atoms with Crippen LogP contribution in [0.5, 0.6) is 17.2 Å². The van der Waals surface area contributed by atoms with Crippen molar-refractivity contribution in [2.45, 2.75) is 11.8 Å². The Morgan fingerprint density at radius 2 is 1.62 bits per heavy atom. The Morgan fingerprint density at radius 1 is 0.966 bits per heavy atom. The highest BCUT2D eigenvalue weighted by molar-refractivity contribution is 7.92. The Kier molecular flexibility index (Phi) is 5.74. The summed E-state index contributed by atoms with van der Waals surface area (Å²) >= 11 is 0. The fraction of sp³-hybridized carbons (Fsp3) is 0.0952. The van der Waals surface area contributed by atoms with Crippen LogP contribution in [0.2, 0.25) is 0 Å². The van der Waals surface area contributed by atoms with Gasteiger partial charge in [0.25, 0.3) is 10.0 Å². The number of hydrogen-bond donors (Lipinski definition) is 2. The highest BCUT2D eigenvalue weighted by atomic mass is 32.2. The minimum absolute atomic E-state index is 0.0616. The van der Waals surface area contributed by atoms with Gasteiger partial charge in [-0.25, -0.2) is 13.2 Å². The number of anilines is 1. The Morgan fingerprint density at radius 3 is 2.24 bits per heavy atom. The molecule has 0 heterocycles. The first-order valence-electron chi connectivity index (χ1n) is 8.58. The zero-order valence-corrected chi connectivity index (χ0v) is 16.6. The SMILES string of the molecule is COc1ccccc1Oc1ccc(NS(=O)(=O)c2ccc(C)c(C(=O)O)c2)cc1. The molecule has 0 saturated heterocycles. The molecule has 0 radical (unpaired) electrons. The van der Waals surface area contributed by atoms with E-state index in [-0.39, 0.29) is 10.5 Å². The van der Waals surface area contributed by atoms with Crippen molar-refractivity contribution in [2.75, 3.05) is 11.8 Å². The number of nitrogens with one attached hydrogen (secondary N) is 1. The standard InChI is InChI=1S/C21H19NO6S/c1-14-7-12-17(13-18(14)21(23)24)29(25,26)22-15-8-10-16(11-9-15)28-20-6-4-3-5-19(20)27-2/h3-13,22H,1-2H3,(H,23,24). The van der Waals surface area contributed by atoms with E-state index in [1.807, 2.05) is 12.1 Å². The van der Waals surface area contributed by atoms with Crippen molar-refractivity contribution < 1.29 is 27.8 Å². The largest absolute Gasteiger partial charge is 0.493 e. The monoisotopic (exact) mass is 413 g/mol. The molecule has 0 saturated carbocycles. The Hall–Kier alpha value is -3.52. The number of ether oxygens (including phenoxy) is 2. The molecule has 0 aliphatic carbocycles. The van der Waals surface area contributed by atoms with Gasteiger partial charge in [-0.15, -0.1) is 0 Å². The molecular formula is C21H19NO6S. The van der Waals surface area contributed by atoms with Crippen molar-refractivity contribution in [2.24, 2.45) is 0 Å². The van der Waals surface area contributed by atoms with Crippen LogP contribution in [0.3, 0.4) is 0 Å². The predicted molar refractivity (Wildman–Crippen MR) is 108 cm³/mol. The van der Waals surface area contributed by atoms with Crippen molar-refractivity contribution in [1.82, 2.24) is 0 Å². The van der Waals surface area contributed by atoms with E-state index < -0.39 is 16.0 Å². The predicted octanol–water partition coefficient (Wildman–Crippen LogP) is 4.29. The van der Waals surface area contributed by atoms with Crippen molar-refractivity contribution in [1.29, 1.82) is 0 Å². The third-order valence-corrected chi connectivity index (χ3v) is 5.53. The quantitative estimate of drug-likeness (QED) is 0.599. The maximum Gasteiger partial charge on any atom is 0.335 e. The van der Waals surface area contributed by atoms with Gasteiger partial charge >= 0.3 is 5.97 Å². The molecule has 0 aliphatic rings. The summed E-state index contributed by atoms with van der Waals surface area (Å²) in [5.74, 6) is 0.424. The van der Waals surface area contributed by atoms with Crippen LogP contribution in [0.1, 0.15) is 15.9 Å². The van der Waals surface area contributed by atoms with E-state index in [0.29, 0.717) is 28.5 Å². The lowest BCUT2D eigenvalue weighted by Gasteiger charge is -2.12. The van der Waals surface area contributed by atoms with Gasteiger partial charge in [-0.2, -0.15) is 0 Å². The summed E-state index contributed by atoms with van der Waals surface area (Å²) in [5, 5.41) is 9.20. The van der Waals surface area contributed by atoms with Gasteiger partial charge < -0.3 is 14.6 Å². The first-order chi connectivity index (χ1) is 13.8. The number of hydrogen-bond acceptors (Lipinski definition) is 5. The molecule has 8 heteroatoms. The van der Waals surface area contributed by atoms with Crippen LogP contribution in [0.25, 0.3) is 0 Å². The number of aromatic carboxylic acids is 1. The molecule has 2 N–H and O–H groups in total. The van der Waals surface area contributed by atoms with Crippen molar-refractivity contribution in [3.63, 3.8) is 0 Å². The highest BCUT2D eigenvalue weighted by Crippen LogP contribution is 2.31. The van der Waals surface area contributed by atoms with Gasteiger partial charge in [0.05, 0.1) is 17.6 Å². The van der Waals surface area contributed by atoms with Gasteiger partial charge in [0, 0.05) is 5.69 Å². The zero-order valence-electron chi connectivity index (χ0n) is 15.7. The van der Waals surface area contributed by atoms with Crippen LogP contribution < -0.4 is 14.2 Å². The summed E-state index contributed by atoms with van der Waals surface area (Å²) in [6, 6.07) is 17.5. The summed E-state index contributed by atoms with van der Waals surface area (Å²) in [5.41, 5.74) is 0.734. The van der Waals surface area contributed by atoms with Gasteiger partial charge in [-0.1, -0.05) is 18.2 Å². The summed E-state index contributed by atoms with van der Waals surface area (Å²) in [7, 11) is -2.40. The molecule has 3 aromatic rings. The second-order valence-electron chi connectivity index (χ2n) is 6.16. The molecule has 3 rings (SSSR count). The maximum atomic E-state index is 12.6. The van der Waals surface area contributed by atoms with E-state index in [4.69, 9.17) is 9.47 Å². The number of carboxylic acids is 1. The van der Waals surface area contributed by atoms with E-state index in [2.05, 4.69) is 4.72 Å². The molecule has 3 aromatic carbocycles. The molecule has 0 unspecified atom stereocenters. The van der Waals surface area contributed by atoms with E-state index in [0.717, 1.165) is 6.07 Å². The van der Waals surface area contributed by atoms with Gasteiger partial charge in [0.1, 0.15) is 5.75 Å². The number of methoxy groups -OCH3 is 1. The normalized spacial score (nSPS) is 11.0. The van der Waals surface area contributed by atoms with Crippen LogP contribution in [0.15, 0.2) is 71.6 Å². The number of benzene rings is 3. The van der Waals surface area contributed by atoms with Crippen molar-refractivity contribution in [3.05, 3.63) is 77.9 Å². The topological polar surface area (TPSA) is 102 Å². The highest BCUT2D eigenvalue weighted by Gasteiger charge is 2.18. The second-order valence-corrected chi connectivity index (χ2v) is 7.85. The lowest BCUT2D eigenvalue weighted by Crippen LogP contribution is -2.14. The molecule has 0 aromatic heterocycles. The summed E-state index contributed by atoms with van der Waals surface area (Å²) in [6.07, 6.45) is 0. The second kappa shape index (κ2) is 8.24. The molecule has 0 bridgehead atoms. The number of rotatable bonds is 7. The van der Waals surface area contributed by atoms with Gasteiger partial charge in [-0.3, -0.25) is 4.72 Å². The first-order valence-corrected chi connectivity index (χ1v) is 10.1. The number of sulfonamides is 1. The summed E-state index contributed by atoms with van der Waals surface area (Å²) in [6.45, 7) is 1.60. The van der Waals surface area contributed by atoms with Crippen LogP contribution in [0, 0.1) is 6.92 Å². The van der Waals surface area contributed by atoms with Crippen LogP contribution in [-0.2, 0) is 10.0 Å². The molecular weight excluding hydrogens is 394 g/mol. The van der Waals surface area contributed by atoms with E-state index in [1.165, 1.54) is 12.1 Å². The fourth-order valence-corrected chi connectivity index (χ4v) is 3.72. The van der Waals surface area contributed by atoms with Crippen LogP contribution >= 0.6 is 0 Å². The average Bonchev–Trinajstić information content (AvgIpc) is 2.69. The van der Waals surface area contributed by atoms with Crippen LogP contribution in [-0.4, -0.2) is 26.6 Å². The van der Waals surface area contributed by atoms with Crippen molar-refractivity contribution >= 4 is 21.7 Å². The Labute approximate surface area is 168 Å². The smallest absolute Gasteiger partial charge is 0.335 e. The lowest BCUT2D eigenvalue weighted by molar-refractivity contribution is 0.0696. The minimum Gasteiger partial charge on any atom is -0.493 e. The summed E-state index contributed by atoms with van der Waals surface area (Å²) in [4.78, 5) is 11.1. The average molecular weight is 413 g/mol. The minimum atomic E-state index is -3.94. The zero-order chi connectivity index (χ0) is 21.0. The van der Waals surface area contributed by atoms with Gasteiger partial charge in [0.15, 0.2) is 11.5 Å². The number of aryl methyl sites for hydroxylation is 1. The van der Waals surface area contributed by atoms with E-state index in [1.54, 1.807) is 50.4 Å². The van der Waals surface area contributed by atoms with Gasteiger partial charge in [-0.05, 0) is 61.0 Å². The van der Waals surface area contributed by atoms with Crippen molar-refractivity contribution in [3.8, 4) is 17.2 Å². The Balaban J connectivity index is 1.78.